The first-order chi connectivity index (χ1) is 11.2. The summed E-state index contributed by atoms with van der Waals surface area (Å²) in [5.41, 5.74) is 1.27. The second kappa shape index (κ2) is 6.98. The highest BCUT2D eigenvalue weighted by molar-refractivity contribution is 5.93. The van der Waals surface area contributed by atoms with Crippen LogP contribution < -0.4 is 10.9 Å². The average molecular weight is 332 g/mol. The van der Waals surface area contributed by atoms with Crippen LogP contribution in [0.5, 0.6) is 0 Å². The first kappa shape index (κ1) is 17.9. The van der Waals surface area contributed by atoms with Crippen molar-refractivity contribution >= 4 is 5.91 Å². The highest BCUT2D eigenvalue weighted by atomic mass is 16.5. The Morgan fingerprint density at radius 1 is 1.33 bits per heavy atom. The number of rotatable bonds is 5. The van der Waals surface area contributed by atoms with Gasteiger partial charge in [-0.05, 0) is 26.7 Å². The Morgan fingerprint density at radius 2 is 2.04 bits per heavy atom. The van der Waals surface area contributed by atoms with Crippen molar-refractivity contribution < 1.29 is 9.32 Å². The number of H-pyrrole nitrogens is 1. The van der Waals surface area contributed by atoms with Gasteiger partial charge in [-0.25, -0.2) is 4.98 Å². The molecule has 0 spiro atoms. The van der Waals surface area contributed by atoms with Crippen molar-refractivity contribution in [1.29, 1.82) is 0 Å². The first-order valence-corrected chi connectivity index (χ1v) is 8.00. The molecule has 2 heterocycles. The molecule has 2 rings (SSSR count). The maximum absolute atomic E-state index is 12.1. The van der Waals surface area contributed by atoms with Crippen LogP contribution >= 0.6 is 0 Å². The zero-order valence-corrected chi connectivity index (χ0v) is 14.8. The molecule has 7 nitrogen and oxygen atoms in total. The molecule has 0 aliphatic heterocycles. The Morgan fingerprint density at radius 3 is 2.58 bits per heavy atom. The van der Waals surface area contributed by atoms with Gasteiger partial charge in [-0.1, -0.05) is 25.9 Å². The molecule has 0 unspecified atom stereocenters. The van der Waals surface area contributed by atoms with Gasteiger partial charge >= 0.3 is 0 Å². The smallest absolute Gasteiger partial charge is 0.263 e. The number of aryl methyl sites for hydroxylation is 2. The molecule has 1 amide bonds. The fraction of sp³-hybridized carbons (Fsp3) is 0.529. The molecule has 0 fully saturated rings. The molecular weight excluding hydrogens is 308 g/mol. The van der Waals surface area contributed by atoms with Crippen LogP contribution in [-0.2, 0) is 11.8 Å². The molecule has 0 saturated carbocycles. The lowest BCUT2D eigenvalue weighted by molar-refractivity contribution is 0.0951. The van der Waals surface area contributed by atoms with Gasteiger partial charge < -0.3 is 14.8 Å². The molecule has 7 heteroatoms. The second-order valence-corrected chi connectivity index (χ2v) is 6.89. The Balaban J connectivity index is 1.92. The largest absolute Gasteiger partial charge is 0.361 e. The molecule has 0 aliphatic rings. The summed E-state index contributed by atoms with van der Waals surface area (Å²) in [6, 6.07) is 0. The Hall–Kier alpha value is -2.44. The zero-order chi connectivity index (χ0) is 17.9. The van der Waals surface area contributed by atoms with Gasteiger partial charge in [-0.3, -0.25) is 9.59 Å². The zero-order valence-electron chi connectivity index (χ0n) is 14.8. The molecule has 0 aliphatic carbocycles. The number of nitrogens with zero attached hydrogens (tertiary/aromatic N) is 2. The standard InChI is InChI=1S/C17H24N4O3/c1-10-12(11(2)24-21-10)7-6-8-18-14(22)13-9-19-16(17(3,4)5)20-15(13)23/h9H,6-8H2,1-5H3,(H,18,22)(H,19,20,23). The highest BCUT2D eigenvalue weighted by Gasteiger charge is 2.19. The van der Waals surface area contributed by atoms with Crippen LogP contribution in [0.1, 0.15) is 60.4 Å². The van der Waals surface area contributed by atoms with E-state index in [0.717, 1.165) is 29.9 Å². The van der Waals surface area contributed by atoms with Crippen LogP contribution in [0.4, 0.5) is 0 Å². The lowest BCUT2D eigenvalue weighted by Gasteiger charge is -2.16. The average Bonchev–Trinajstić information content (AvgIpc) is 2.81. The van der Waals surface area contributed by atoms with E-state index in [0.29, 0.717) is 12.4 Å². The van der Waals surface area contributed by atoms with E-state index in [-0.39, 0.29) is 11.0 Å². The van der Waals surface area contributed by atoms with Gasteiger partial charge in [0.05, 0.1) is 5.69 Å². The van der Waals surface area contributed by atoms with Gasteiger partial charge in [0.2, 0.25) is 0 Å². The molecule has 24 heavy (non-hydrogen) atoms. The van der Waals surface area contributed by atoms with Gasteiger partial charge in [-0.2, -0.15) is 0 Å². The lowest BCUT2D eigenvalue weighted by atomic mass is 9.96. The summed E-state index contributed by atoms with van der Waals surface area (Å²) in [7, 11) is 0. The third-order valence-corrected chi connectivity index (χ3v) is 3.82. The molecule has 2 N–H and O–H groups in total. The van der Waals surface area contributed by atoms with Crippen LogP contribution in [0, 0.1) is 13.8 Å². The molecule has 2 aromatic rings. The molecule has 130 valence electrons. The molecule has 0 radical (unpaired) electrons. The van der Waals surface area contributed by atoms with E-state index >= 15 is 0 Å². The number of aromatic amines is 1. The number of carbonyl (C=O) groups excluding carboxylic acids is 1. The molecule has 0 saturated heterocycles. The van der Waals surface area contributed by atoms with Crippen LogP contribution in [0.3, 0.4) is 0 Å². The monoisotopic (exact) mass is 332 g/mol. The fourth-order valence-electron chi connectivity index (χ4n) is 2.36. The summed E-state index contributed by atoms with van der Waals surface area (Å²) >= 11 is 0. The summed E-state index contributed by atoms with van der Waals surface area (Å²) < 4.78 is 5.11. The van der Waals surface area contributed by atoms with Crippen molar-refractivity contribution in [3.8, 4) is 0 Å². The number of hydrogen-bond acceptors (Lipinski definition) is 5. The molecule has 2 aromatic heterocycles. The van der Waals surface area contributed by atoms with Crippen molar-refractivity contribution in [2.24, 2.45) is 0 Å². The molecule has 0 atom stereocenters. The molecule has 0 bridgehead atoms. The van der Waals surface area contributed by atoms with Gasteiger partial charge in [0, 0.05) is 23.7 Å². The van der Waals surface area contributed by atoms with Gasteiger partial charge in [0.25, 0.3) is 11.5 Å². The summed E-state index contributed by atoms with van der Waals surface area (Å²) in [6.45, 7) is 10.1. The SMILES string of the molecule is Cc1noc(C)c1CCCNC(=O)c1cnc(C(C)(C)C)[nH]c1=O. The van der Waals surface area contributed by atoms with Crippen molar-refractivity contribution in [3.63, 3.8) is 0 Å². The second-order valence-electron chi connectivity index (χ2n) is 6.89. The number of amides is 1. The Bertz CT molecular complexity index is 764. The number of carbonyl (C=O) groups is 1. The minimum Gasteiger partial charge on any atom is -0.361 e. The van der Waals surface area contributed by atoms with E-state index in [1.165, 1.54) is 6.20 Å². The first-order valence-electron chi connectivity index (χ1n) is 8.00. The summed E-state index contributed by atoms with van der Waals surface area (Å²) in [4.78, 5) is 31.0. The Labute approximate surface area is 140 Å². The van der Waals surface area contributed by atoms with E-state index in [1.807, 2.05) is 34.6 Å². The van der Waals surface area contributed by atoms with E-state index in [9.17, 15) is 9.59 Å². The number of nitrogens with one attached hydrogen (secondary N) is 2. The van der Waals surface area contributed by atoms with E-state index in [4.69, 9.17) is 4.52 Å². The van der Waals surface area contributed by atoms with Crippen molar-refractivity contribution in [3.05, 3.63) is 45.0 Å². The number of hydrogen-bond donors (Lipinski definition) is 2. The molecule has 0 aromatic carbocycles. The highest BCUT2D eigenvalue weighted by Crippen LogP contribution is 2.16. The van der Waals surface area contributed by atoms with E-state index in [2.05, 4.69) is 20.4 Å². The minimum atomic E-state index is -0.418. The lowest BCUT2D eigenvalue weighted by Crippen LogP contribution is -2.32. The van der Waals surface area contributed by atoms with Gasteiger partial charge in [0.15, 0.2) is 0 Å². The summed E-state index contributed by atoms with van der Waals surface area (Å²) in [5, 5.41) is 6.65. The fourth-order valence-corrected chi connectivity index (χ4v) is 2.36. The van der Waals surface area contributed by atoms with Crippen molar-refractivity contribution in [1.82, 2.24) is 20.4 Å². The minimum absolute atomic E-state index is 0.0281. The quantitative estimate of drug-likeness (QED) is 0.816. The summed E-state index contributed by atoms with van der Waals surface area (Å²) in [6.07, 6.45) is 2.84. The van der Waals surface area contributed by atoms with Crippen molar-refractivity contribution in [2.75, 3.05) is 6.54 Å². The van der Waals surface area contributed by atoms with Gasteiger partial charge in [0.1, 0.15) is 17.1 Å². The maximum atomic E-state index is 12.1. The molecular formula is C17H24N4O3. The number of aromatic nitrogens is 3. The van der Waals surface area contributed by atoms with Crippen molar-refractivity contribution in [2.45, 2.75) is 52.9 Å². The van der Waals surface area contributed by atoms with E-state index < -0.39 is 11.5 Å². The van der Waals surface area contributed by atoms with Crippen LogP contribution in [0.2, 0.25) is 0 Å². The maximum Gasteiger partial charge on any atom is 0.263 e. The van der Waals surface area contributed by atoms with Crippen LogP contribution in [-0.4, -0.2) is 27.6 Å². The Kier molecular flexibility index (Phi) is 5.21. The predicted molar refractivity (Wildman–Crippen MR) is 90.2 cm³/mol. The third kappa shape index (κ3) is 4.10. The topological polar surface area (TPSA) is 101 Å². The summed E-state index contributed by atoms with van der Waals surface area (Å²) in [5.74, 6) is 0.947. The van der Waals surface area contributed by atoms with E-state index in [1.54, 1.807) is 0 Å². The third-order valence-electron chi connectivity index (χ3n) is 3.82. The predicted octanol–water partition coefficient (Wildman–Crippen LogP) is 2.03. The normalized spacial score (nSPS) is 11.5. The van der Waals surface area contributed by atoms with Crippen LogP contribution in [0.15, 0.2) is 15.5 Å². The van der Waals surface area contributed by atoms with Gasteiger partial charge in [-0.15, -0.1) is 0 Å². The van der Waals surface area contributed by atoms with Crippen LogP contribution in [0.25, 0.3) is 0 Å².